The Bertz CT molecular complexity index is 368. The van der Waals surface area contributed by atoms with Gasteiger partial charge in [0.25, 0.3) is 0 Å². The first kappa shape index (κ1) is 29.9. The highest BCUT2D eigenvalue weighted by Gasteiger charge is 2.13. The maximum atomic E-state index is 2.41. The molecule has 0 radical (unpaired) electrons. The summed E-state index contributed by atoms with van der Waals surface area (Å²) in [6, 6.07) is 0. The van der Waals surface area contributed by atoms with Crippen molar-refractivity contribution >= 4 is 0 Å². The molecule has 28 heavy (non-hydrogen) atoms. The third-order valence-electron chi connectivity index (χ3n) is 5.46. The van der Waals surface area contributed by atoms with Gasteiger partial charge in [-0.1, -0.05) is 113 Å². The first-order valence-corrected chi connectivity index (χ1v) is 12.3. The summed E-state index contributed by atoms with van der Waals surface area (Å²) in [5, 5.41) is 0. The molecule has 0 aliphatic rings. The van der Waals surface area contributed by atoms with E-state index >= 15 is 0 Å². The van der Waals surface area contributed by atoms with Crippen LogP contribution in [0.4, 0.5) is 0 Å². The highest BCUT2D eigenvalue weighted by Crippen LogP contribution is 2.26. The average molecular weight is 395 g/mol. The van der Waals surface area contributed by atoms with Crippen molar-refractivity contribution in [2.24, 2.45) is 28.6 Å². The van der Waals surface area contributed by atoms with Gasteiger partial charge in [0.2, 0.25) is 0 Å². The molecule has 0 amide bonds. The second kappa shape index (κ2) is 15.6. The summed E-state index contributed by atoms with van der Waals surface area (Å²) < 4.78 is 0. The molecule has 0 aromatic rings. The molecular formula is C28H58. The standard InChI is InChI=1S/C14H30.C14H28/c2*1-12(2)8-7-9-13(3)10-11-14(4,5)6/h12-13H,7-11H2,1-6H3;8,13H,7,9-11H2,1-6H3. The number of rotatable bonds is 11. The topological polar surface area (TPSA) is 0 Å². The van der Waals surface area contributed by atoms with Crippen LogP contribution >= 0.6 is 0 Å². The van der Waals surface area contributed by atoms with Crippen LogP contribution in [-0.4, -0.2) is 0 Å². The molecule has 0 heterocycles. The van der Waals surface area contributed by atoms with Crippen molar-refractivity contribution in [1.82, 2.24) is 0 Å². The highest BCUT2D eigenvalue weighted by atomic mass is 14.2. The Morgan fingerprint density at radius 3 is 1.43 bits per heavy atom. The number of hydrogen-bond acceptors (Lipinski definition) is 0. The third kappa shape index (κ3) is 28.0. The first-order chi connectivity index (χ1) is 12.6. The van der Waals surface area contributed by atoms with Crippen LogP contribution in [0.25, 0.3) is 0 Å². The molecule has 0 aromatic carbocycles. The predicted molar refractivity (Wildman–Crippen MR) is 133 cm³/mol. The molecule has 0 aromatic heterocycles. The zero-order valence-corrected chi connectivity index (χ0v) is 22.2. The lowest BCUT2D eigenvalue weighted by Gasteiger charge is -2.21. The molecule has 0 spiro atoms. The zero-order valence-electron chi connectivity index (χ0n) is 22.2. The molecule has 0 N–H and O–H groups in total. The summed E-state index contributed by atoms with van der Waals surface area (Å²) in [4.78, 5) is 0. The van der Waals surface area contributed by atoms with Crippen LogP contribution in [0, 0.1) is 28.6 Å². The van der Waals surface area contributed by atoms with E-state index in [0.29, 0.717) is 10.8 Å². The highest BCUT2D eigenvalue weighted by molar-refractivity contribution is 4.92. The Morgan fingerprint density at radius 1 is 0.643 bits per heavy atom. The molecule has 0 fully saturated rings. The minimum absolute atomic E-state index is 0.505. The molecule has 170 valence electrons. The molecule has 0 aliphatic heterocycles. The Balaban J connectivity index is 0. The van der Waals surface area contributed by atoms with Crippen molar-refractivity contribution in [2.75, 3.05) is 0 Å². The minimum atomic E-state index is 0.505. The second-order valence-electron chi connectivity index (χ2n) is 12.6. The van der Waals surface area contributed by atoms with Crippen LogP contribution in [0.3, 0.4) is 0 Å². The van der Waals surface area contributed by atoms with Gasteiger partial charge in [0.15, 0.2) is 0 Å². The first-order valence-electron chi connectivity index (χ1n) is 12.3. The lowest BCUT2D eigenvalue weighted by Crippen LogP contribution is -2.07. The van der Waals surface area contributed by atoms with Crippen molar-refractivity contribution in [1.29, 1.82) is 0 Å². The van der Waals surface area contributed by atoms with Gasteiger partial charge in [-0.3, -0.25) is 0 Å². The van der Waals surface area contributed by atoms with Gasteiger partial charge in [-0.05, 0) is 68.1 Å². The summed E-state index contributed by atoms with van der Waals surface area (Å²) in [6.45, 7) is 27.8. The lowest BCUT2D eigenvalue weighted by molar-refractivity contribution is 0.317. The Labute approximate surface area is 181 Å². The van der Waals surface area contributed by atoms with Crippen LogP contribution in [-0.2, 0) is 0 Å². The molecule has 0 saturated heterocycles. The van der Waals surface area contributed by atoms with Crippen LogP contribution in [0.1, 0.15) is 141 Å². The largest absolute Gasteiger partial charge is 0.0859 e. The third-order valence-corrected chi connectivity index (χ3v) is 5.46. The molecular weight excluding hydrogens is 336 g/mol. The fraction of sp³-hybridized carbons (Fsp3) is 0.929. The maximum Gasteiger partial charge on any atom is -0.0346 e. The molecule has 0 nitrogen and oxygen atoms in total. The smallest absolute Gasteiger partial charge is 0.0346 e. The fourth-order valence-corrected chi connectivity index (χ4v) is 3.18. The fourth-order valence-electron chi connectivity index (χ4n) is 3.18. The summed E-state index contributed by atoms with van der Waals surface area (Å²) in [6.07, 6.45) is 14.7. The van der Waals surface area contributed by atoms with Crippen LogP contribution in [0.5, 0.6) is 0 Å². The summed E-state index contributed by atoms with van der Waals surface area (Å²) in [5.74, 6) is 2.68. The Morgan fingerprint density at radius 2 is 1.07 bits per heavy atom. The van der Waals surface area contributed by atoms with Crippen molar-refractivity contribution in [3.05, 3.63) is 11.6 Å². The van der Waals surface area contributed by atoms with E-state index < -0.39 is 0 Å². The molecule has 0 heteroatoms. The van der Waals surface area contributed by atoms with Crippen LogP contribution in [0.2, 0.25) is 0 Å². The molecule has 0 bridgehead atoms. The van der Waals surface area contributed by atoms with Crippen LogP contribution in [0.15, 0.2) is 11.6 Å². The van der Waals surface area contributed by atoms with Gasteiger partial charge >= 0.3 is 0 Å². The quantitative estimate of drug-likeness (QED) is 0.306. The lowest BCUT2D eigenvalue weighted by atomic mass is 9.85. The van der Waals surface area contributed by atoms with Crippen molar-refractivity contribution in [2.45, 2.75) is 141 Å². The van der Waals surface area contributed by atoms with E-state index in [1.807, 2.05) is 0 Å². The van der Waals surface area contributed by atoms with Crippen molar-refractivity contribution in [3.8, 4) is 0 Å². The molecule has 2 unspecified atom stereocenters. The van der Waals surface area contributed by atoms with Gasteiger partial charge in [-0.15, -0.1) is 0 Å². The Kier molecular flexibility index (Phi) is 16.6. The van der Waals surface area contributed by atoms with Gasteiger partial charge in [-0.25, -0.2) is 0 Å². The number of allylic oxidation sites excluding steroid dienone is 2. The van der Waals surface area contributed by atoms with Crippen molar-refractivity contribution < 1.29 is 0 Å². The van der Waals surface area contributed by atoms with E-state index in [9.17, 15) is 0 Å². The molecule has 0 rings (SSSR count). The monoisotopic (exact) mass is 394 g/mol. The molecule has 2 atom stereocenters. The predicted octanol–water partition coefficient (Wildman–Crippen LogP) is 10.5. The van der Waals surface area contributed by atoms with Gasteiger partial charge in [-0.2, -0.15) is 0 Å². The maximum absolute atomic E-state index is 2.41. The van der Waals surface area contributed by atoms with Gasteiger partial charge in [0.1, 0.15) is 0 Å². The Hall–Kier alpha value is -0.260. The average Bonchev–Trinajstić information content (AvgIpc) is 2.49. The second-order valence-corrected chi connectivity index (χ2v) is 12.6. The summed E-state index contributed by atoms with van der Waals surface area (Å²) >= 11 is 0. The van der Waals surface area contributed by atoms with Gasteiger partial charge in [0, 0.05) is 0 Å². The van der Waals surface area contributed by atoms with E-state index in [2.05, 4.69) is 89.2 Å². The van der Waals surface area contributed by atoms with Crippen LogP contribution < -0.4 is 0 Å². The van der Waals surface area contributed by atoms with Crippen molar-refractivity contribution in [3.63, 3.8) is 0 Å². The van der Waals surface area contributed by atoms with E-state index in [4.69, 9.17) is 0 Å². The SMILES string of the molecule is CC(C)=CCCC(C)CCC(C)(C)C.CC(C)CCCC(C)CCC(C)(C)C. The van der Waals surface area contributed by atoms with E-state index in [-0.39, 0.29) is 0 Å². The van der Waals surface area contributed by atoms with Gasteiger partial charge in [0.05, 0.1) is 0 Å². The summed E-state index contributed by atoms with van der Waals surface area (Å²) in [7, 11) is 0. The normalized spacial score (nSPS) is 14.3. The van der Waals surface area contributed by atoms with Gasteiger partial charge < -0.3 is 0 Å². The number of hydrogen-bond donors (Lipinski definition) is 0. The van der Waals surface area contributed by atoms with E-state index in [1.54, 1.807) is 0 Å². The summed E-state index contributed by atoms with van der Waals surface area (Å²) in [5.41, 5.74) is 2.48. The molecule has 0 saturated carbocycles. The van der Waals surface area contributed by atoms with E-state index in [1.165, 1.54) is 63.4 Å². The van der Waals surface area contributed by atoms with E-state index in [0.717, 1.165) is 17.8 Å². The minimum Gasteiger partial charge on any atom is -0.0859 e. The zero-order chi connectivity index (χ0) is 22.4. The molecule has 0 aliphatic carbocycles.